The maximum absolute atomic E-state index is 6.21. The van der Waals surface area contributed by atoms with Crippen LogP contribution >= 0.6 is 0 Å². The van der Waals surface area contributed by atoms with Crippen LogP contribution < -0.4 is 5.32 Å². The predicted octanol–water partition coefficient (Wildman–Crippen LogP) is 5.58. The molecule has 0 radical (unpaired) electrons. The van der Waals surface area contributed by atoms with E-state index < -0.39 is 0 Å². The highest BCUT2D eigenvalue weighted by Crippen LogP contribution is 2.36. The zero-order valence-corrected chi connectivity index (χ0v) is 17.4. The molecular weight excluding hydrogens is 398 g/mol. The summed E-state index contributed by atoms with van der Waals surface area (Å²) < 4.78 is 8.10. The molecule has 6 rings (SSSR count). The van der Waals surface area contributed by atoms with Gasteiger partial charge in [-0.1, -0.05) is 65.9 Å². The smallest absolute Gasteiger partial charge is 0.177 e. The fourth-order valence-corrected chi connectivity index (χ4v) is 4.11. The molecule has 0 aliphatic heterocycles. The van der Waals surface area contributed by atoms with Crippen molar-refractivity contribution >= 4 is 38.7 Å². The fourth-order valence-electron chi connectivity index (χ4n) is 4.11. The van der Waals surface area contributed by atoms with Crippen molar-refractivity contribution < 1.29 is 4.42 Å². The number of fused-ring (bicyclic) bond motifs is 4. The Morgan fingerprint density at radius 3 is 2.53 bits per heavy atom. The minimum absolute atomic E-state index is 0.547. The van der Waals surface area contributed by atoms with Gasteiger partial charge in [0.05, 0.1) is 23.9 Å². The Kier molecular flexibility index (Phi) is 4.53. The van der Waals surface area contributed by atoms with Crippen LogP contribution in [0.2, 0.25) is 0 Å². The van der Waals surface area contributed by atoms with Gasteiger partial charge in [0, 0.05) is 17.3 Å². The van der Waals surface area contributed by atoms with Crippen molar-refractivity contribution in [3.8, 4) is 0 Å². The summed E-state index contributed by atoms with van der Waals surface area (Å²) in [7, 11) is 0. The Bertz CT molecular complexity index is 1530. The highest BCUT2D eigenvalue weighted by molar-refractivity contribution is 6.13. The molecule has 6 aromatic rings. The van der Waals surface area contributed by atoms with Crippen molar-refractivity contribution in [1.29, 1.82) is 0 Å². The van der Waals surface area contributed by atoms with Crippen molar-refractivity contribution in [2.75, 3.05) is 5.32 Å². The van der Waals surface area contributed by atoms with Gasteiger partial charge in [-0.2, -0.15) is 0 Å². The number of rotatable bonds is 6. The van der Waals surface area contributed by atoms with Crippen molar-refractivity contribution in [3.63, 3.8) is 0 Å². The van der Waals surface area contributed by atoms with Gasteiger partial charge < -0.3 is 9.73 Å². The quantitative estimate of drug-likeness (QED) is 0.382. The van der Waals surface area contributed by atoms with Crippen LogP contribution in [0.25, 0.3) is 33.0 Å². The molecule has 6 heteroatoms. The van der Waals surface area contributed by atoms with E-state index in [2.05, 4.69) is 46.0 Å². The summed E-state index contributed by atoms with van der Waals surface area (Å²) in [4.78, 5) is 4.87. The second-order valence-corrected chi connectivity index (χ2v) is 7.84. The van der Waals surface area contributed by atoms with Gasteiger partial charge in [-0.05, 0) is 30.2 Å². The number of nitrogens with zero attached hydrogens (tertiary/aromatic N) is 4. The van der Waals surface area contributed by atoms with Gasteiger partial charge in [0.15, 0.2) is 5.58 Å². The average Bonchev–Trinajstić information content (AvgIpc) is 3.45. The van der Waals surface area contributed by atoms with Gasteiger partial charge in [-0.25, -0.2) is 4.98 Å². The summed E-state index contributed by atoms with van der Waals surface area (Å²) >= 11 is 0. The first-order valence-corrected chi connectivity index (χ1v) is 10.7. The molecule has 0 aliphatic carbocycles. The molecule has 1 N–H and O–H groups in total. The Morgan fingerprint density at radius 1 is 0.844 bits per heavy atom. The second-order valence-electron chi connectivity index (χ2n) is 7.84. The van der Waals surface area contributed by atoms with Gasteiger partial charge >= 0.3 is 0 Å². The Labute approximate surface area is 184 Å². The van der Waals surface area contributed by atoms with E-state index in [4.69, 9.17) is 9.40 Å². The van der Waals surface area contributed by atoms with Crippen LogP contribution in [0.15, 0.2) is 89.5 Å². The highest BCUT2D eigenvalue weighted by atomic mass is 16.3. The molecule has 0 unspecified atom stereocenters. The first-order chi connectivity index (χ1) is 15.8. The largest absolute Gasteiger partial charge is 0.452 e. The molecular formula is C26H21N5O. The van der Waals surface area contributed by atoms with Crippen molar-refractivity contribution in [2.24, 2.45) is 0 Å². The third-order valence-corrected chi connectivity index (χ3v) is 5.71. The molecule has 0 atom stereocenters. The zero-order valence-electron chi connectivity index (χ0n) is 17.4. The van der Waals surface area contributed by atoms with E-state index in [1.165, 1.54) is 5.56 Å². The van der Waals surface area contributed by atoms with Crippen LogP contribution in [-0.2, 0) is 19.5 Å². The lowest BCUT2D eigenvalue weighted by molar-refractivity contribution is 0.589. The second kappa shape index (κ2) is 7.81. The molecule has 0 amide bonds. The van der Waals surface area contributed by atoms with E-state index >= 15 is 0 Å². The molecule has 3 heterocycles. The van der Waals surface area contributed by atoms with E-state index in [9.17, 15) is 0 Å². The summed E-state index contributed by atoms with van der Waals surface area (Å²) in [5, 5.41) is 14.2. The average molecular weight is 419 g/mol. The number of aromatic nitrogens is 4. The first kappa shape index (κ1) is 18.6. The van der Waals surface area contributed by atoms with Gasteiger partial charge in [-0.3, -0.25) is 4.68 Å². The monoisotopic (exact) mass is 419 g/mol. The lowest BCUT2D eigenvalue weighted by Crippen LogP contribution is -2.02. The summed E-state index contributed by atoms with van der Waals surface area (Å²) in [6.07, 6.45) is 2.92. The molecule has 156 valence electrons. The molecule has 0 spiro atoms. The third kappa shape index (κ3) is 3.36. The number of aryl methyl sites for hydroxylation is 2. The van der Waals surface area contributed by atoms with Crippen LogP contribution in [0.3, 0.4) is 0 Å². The summed E-state index contributed by atoms with van der Waals surface area (Å²) in [6.45, 7) is 1.34. The first-order valence-electron chi connectivity index (χ1n) is 10.7. The Morgan fingerprint density at radius 2 is 1.62 bits per heavy atom. The number of pyridine rings is 1. The minimum atomic E-state index is 0.547. The van der Waals surface area contributed by atoms with Gasteiger partial charge in [0.25, 0.3) is 0 Å². The van der Waals surface area contributed by atoms with Crippen LogP contribution in [0.1, 0.15) is 11.3 Å². The number of hydrogen-bond acceptors (Lipinski definition) is 5. The van der Waals surface area contributed by atoms with E-state index in [0.717, 1.165) is 57.3 Å². The Hall–Kier alpha value is -4.19. The highest BCUT2D eigenvalue weighted by Gasteiger charge is 2.16. The van der Waals surface area contributed by atoms with E-state index in [-0.39, 0.29) is 0 Å². The van der Waals surface area contributed by atoms with Crippen LogP contribution in [0, 0.1) is 0 Å². The fraction of sp³-hybridized carbons (Fsp3) is 0.115. The zero-order chi connectivity index (χ0) is 21.3. The van der Waals surface area contributed by atoms with Crippen LogP contribution in [-0.4, -0.2) is 20.0 Å². The minimum Gasteiger partial charge on any atom is -0.452 e. The summed E-state index contributed by atoms with van der Waals surface area (Å²) in [6, 6.07) is 26.5. The third-order valence-electron chi connectivity index (χ3n) is 5.71. The van der Waals surface area contributed by atoms with E-state index in [1.807, 2.05) is 59.4 Å². The number of nitrogens with one attached hydrogen (secondary N) is 1. The molecule has 0 bridgehead atoms. The van der Waals surface area contributed by atoms with Crippen LogP contribution in [0.5, 0.6) is 0 Å². The molecule has 32 heavy (non-hydrogen) atoms. The SMILES string of the molecule is c1ccc(CCn2cc(CNc3c4ccccc4nc4c3oc3ccccc34)nn2)cc1. The molecule has 3 aromatic heterocycles. The van der Waals surface area contributed by atoms with E-state index in [1.54, 1.807) is 0 Å². The molecule has 6 nitrogen and oxygen atoms in total. The van der Waals surface area contributed by atoms with Crippen molar-refractivity contribution in [3.05, 3.63) is 96.3 Å². The molecule has 0 aliphatic rings. The van der Waals surface area contributed by atoms with Crippen molar-refractivity contribution in [1.82, 2.24) is 20.0 Å². The molecule has 0 saturated carbocycles. The molecule has 0 fully saturated rings. The lowest BCUT2D eigenvalue weighted by Gasteiger charge is -2.09. The number of benzene rings is 3. The van der Waals surface area contributed by atoms with Gasteiger partial charge in [0.1, 0.15) is 16.8 Å². The van der Waals surface area contributed by atoms with E-state index in [0.29, 0.717) is 6.54 Å². The number of furan rings is 1. The maximum atomic E-state index is 6.21. The van der Waals surface area contributed by atoms with Gasteiger partial charge in [-0.15, -0.1) is 5.10 Å². The standard InChI is InChI=1S/C26H21N5O/c1-2-8-18(9-3-1)14-15-31-17-19(29-30-31)16-27-24-20-10-4-6-12-22(20)28-25-21-11-5-7-13-23(21)32-26(24)25/h1-13,17H,14-16H2,(H,27,28). The van der Waals surface area contributed by atoms with Gasteiger partial charge in [0.2, 0.25) is 0 Å². The van der Waals surface area contributed by atoms with Crippen LogP contribution in [0.4, 0.5) is 5.69 Å². The normalized spacial score (nSPS) is 11.5. The summed E-state index contributed by atoms with van der Waals surface area (Å²) in [5.41, 5.74) is 6.50. The number of anilines is 1. The Balaban J connectivity index is 1.30. The molecule has 3 aromatic carbocycles. The predicted molar refractivity (Wildman–Crippen MR) is 127 cm³/mol. The number of para-hydroxylation sites is 2. The lowest BCUT2D eigenvalue weighted by atomic mass is 10.1. The summed E-state index contributed by atoms with van der Waals surface area (Å²) in [5.74, 6) is 0. The van der Waals surface area contributed by atoms with Crippen molar-refractivity contribution in [2.45, 2.75) is 19.5 Å². The molecule has 0 saturated heterocycles. The topological polar surface area (TPSA) is 68.8 Å². The number of hydrogen-bond donors (Lipinski definition) is 1. The maximum Gasteiger partial charge on any atom is 0.177 e.